The summed E-state index contributed by atoms with van der Waals surface area (Å²) >= 11 is 1.71. The maximum atomic E-state index is 12.6. The number of nitrogens with two attached hydrogens (primary N) is 1. The van der Waals surface area contributed by atoms with Crippen molar-refractivity contribution < 1.29 is 9.53 Å². The van der Waals surface area contributed by atoms with Gasteiger partial charge < -0.3 is 15.4 Å². The molecule has 3 rings (SSSR count). The minimum Gasteiger partial charge on any atom is -0.381 e. The lowest BCUT2D eigenvalue weighted by atomic mass is 9.89. The van der Waals surface area contributed by atoms with Crippen LogP contribution in [0.5, 0.6) is 0 Å². The predicted molar refractivity (Wildman–Crippen MR) is 92.5 cm³/mol. The van der Waals surface area contributed by atoms with E-state index in [1.54, 1.807) is 16.2 Å². The minimum absolute atomic E-state index is 0. The largest absolute Gasteiger partial charge is 0.381 e. The number of hydrogen-bond acceptors (Lipinski definition) is 4. The number of carbonyl (C=O) groups excluding carboxylic acids is 1. The highest BCUT2D eigenvalue weighted by atomic mass is 35.5. The smallest absolute Gasteiger partial charge is 0.242 e. The average molecular weight is 341 g/mol. The first-order chi connectivity index (χ1) is 10.1. The fraction of sp³-hybridized carbons (Fsp3) is 0.438. The summed E-state index contributed by atoms with van der Waals surface area (Å²) in [5.74, 6) is 0.0149. The molecule has 0 aliphatic carbocycles. The summed E-state index contributed by atoms with van der Waals surface area (Å²) in [6.07, 6.45) is 1.20. The quantitative estimate of drug-likeness (QED) is 0.934. The van der Waals surface area contributed by atoms with Gasteiger partial charge in [0.05, 0.1) is 5.54 Å². The highest BCUT2D eigenvalue weighted by Crippen LogP contribution is 2.27. The molecule has 2 heterocycles. The summed E-state index contributed by atoms with van der Waals surface area (Å²) in [6, 6.07) is 8.28. The first-order valence-corrected chi connectivity index (χ1v) is 8.05. The summed E-state index contributed by atoms with van der Waals surface area (Å²) in [7, 11) is 1.83. The van der Waals surface area contributed by atoms with E-state index in [2.05, 4.69) is 17.5 Å². The van der Waals surface area contributed by atoms with Crippen LogP contribution in [0, 0.1) is 0 Å². The van der Waals surface area contributed by atoms with Gasteiger partial charge in [-0.2, -0.15) is 0 Å². The third-order valence-corrected chi connectivity index (χ3v) is 5.14. The molecule has 1 saturated heterocycles. The summed E-state index contributed by atoms with van der Waals surface area (Å²) in [5.41, 5.74) is 6.69. The summed E-state index contributed by atoms with van der Waals surface area (Å²) in [5, 5.41) is 3.35. The van der Waals surface area contributed by atoms with E-state index in [9.17, 15) is 4.79 Å². The topological polar surface area (TPSA) is 55.6 Å². The SMILES string of the molecule is CN(Cc1csc2ccccc12)C(=O)C1(N)CCOCC1.Cl. The molecule has 1 fully saturated rings. The van der Waals surface area contributed by atoms with Crippen LogP contribution in [0.2, 0.25) is 0 Å². The Bertz CT molecular complexity index is 652. The van der Waals surface area contributed by atoms with Crippen molar-refractivity contribution >= 4 is 39.7 Å². The molecule has 6 heteroatoms. The molecule has 0 saturated carbocycles. The second-order valence-corrected chi connectivity index (χ2v) is 6.60. The zero-order valence-corrected chi connectivity index (χ0v) is 14.2. The molecule has 0 bridgehead atoms. The Morgan fingerprint density at radius 3 is 2.77 bits per heavy atom. The molecule has 1 aliphatic rings. The van der Waals surface area contributed by atoms with E-state index in [4.69, 9.17) is 10.5 Å². The van der Waals surface area contributed by atoms with Gasteiger partial charge in [0.1, 0.15) is 0 Å². The van der Waals surface area contributed by atoms with Crippen LogP contribution in [0.25, 0.3) is 10.1 Å². The summed E-state index contributed by atoms with van der Waals surface area (Å²) < 4.78 is 6.56. The average Bonchev–Trinajstić information content (AvgIpc) is 2.90. The van der Waals surface area contributed by atoms with Crippen LogP contribution in [0.4, 0.5) is 0 Å². The number of ether oxygens (including phenoxy) is 1. The van der Waals surface area contributed by atoms with Crippen molar-refractivity contribution in [1.29, 1.82) is 0 Å². The monoisotopic (exact) mass is 340 g/mol. The van der Waals surface area contributed by atoms with Gasteiger partial charge in [0.15, 0.2) is 0 Å². The van der Waals surface area contributed by atoms with E-state index in [0.717, 1.165) is 0 Å². The molecule has 0 radical (unpaired) electrons. The number of benzene rings is 1. The molecule has 1 amide bonds. The van der Waals surface area contributed by atoms with Crippen molar-refractivity contribution in [2.45, 2.75) is 24.9 Å². The van der Waals surface area contributed by atoms with E-state index in [1.165, 1.54) is 15.6 Å². The van der Waals surface area contributed by atoms with Gasteiger partial charge in [-0.25, -0.2) is 0 Å². The zero-order valence-electron chi connectivity index (χ0n) is 12.6. The van der Waals surface area contributed by atoms with Crippen LogP contribution in [-0.4, -0.2) is 36.6 Å². The number of likely N-dealkylation sites (N-methyl/N-ethyl adjacent to an activating group) is 1. The van der Waals surface area contributed by atoms with Gasteiger partial charge >= 0.3 is 0 Å². The number of hydrogen-bond donors (Lipinski definition) is 1. The van der Waals surface area contributed by atoms with Crippen LogP contribution in [0.3, 0.4) is 0 Å². The molecule has 22 heavy (non-hydrogen) atoms. The Hall–Kier alpha value is -1.14. The number of nitrogens with zero attached hydrogens (tertiary/aromatic N) is 1. The summed E-state index contributed by atoms with van der Waals surface area (Å²) in [4.78, 5) is 14.4. The Balaban J connectivity index is 0.00000176. The van der Waals surface area contributed by atoms with E-state index in [-0.39, 0.29) is 18.3 Å². The van der Waals surface area contributed by atoms with Crippen LogP contribution < -0.4 is 5.73 Å². The van der Waals surface area contributed by atoms with E-state index in [1.807, 2.05) is 19.2 Å². The van der Waals surface area contributed by atoms with Crippen molar-refractivity contribution in [2.75, 3.05) is 20.3 Å². The van der Waals surface area contributed by atoms with Crippen molar-refractivity contribution in [1.82, 2.24) is 4.90 Å². The Morgan fingerprint density at radius 1 is 1.36 bits per heavy atom. The van der Waals surface area contributed by atoms with Crippen LogP contribution in [0.15, 0.2) is 29.6 Å². The molecule has 2 N–H and O–H groups in total. The summed E-state index contributed by atoms with van der Waals surface area (Å²) in [6.45, 7) is 1.73. The third kappa shape index (κ3) is 3.27. The molecule has 0 unspecified atom stereocenters. The van der Waals surface area contributed by atoms with Crippen molar-refractivity contribution in [3.8, 4) is 0 Å². The van der Waals surface area contributed by atoms with Crippen LogP contribution in [0.1, 0.15) is 18.4 Å². The molecule has 1 aromatic heterocycles. The number of rotatable bonds is 3. The van der Waals surface area contributed by atoms with E-state index < -0.39 is 5.54 Å². The maximum absolute atomic E-state index is 12.6. The Morgan fingerprint density at radius 2 is 2.05 bits per heavy atom. The van der Waals surface area contributed by atoms with Crippen LogP contribution in [-0.2, 0) is 16.1 Å². The fourth-order valence-electron chi connectivity index (χ4n) is 2.81. The fourth-order valence-corrected chi connectivity index (χ4v) is 3.77. The van der Waals surface area contributed by atoms with Crippen molar-refractivity contribution in [3.05, 3.63) is 35.2 Å². The van der Waals surface area contributed by atoms with Crippen LogP contribution >= 0.6 is 23.7 Å². The van der Waals surface area contributed by atoms with Gasteiger partial charge in [0, 0.05) is 31.5 Å². The normalized spacial score (nSPS) is 17.0. The van der Waals surface area contributed by atoms with E-state index in [0.29, 0.717) is 32.6 Å². The lowest BCUT2D eigenvalue weighted by molar-refractivity contribution is -0.139. The second-order valence-electron chi connectivity index (χ2n) is 5.69. The Labute approximate surface area is 140 Å². The maximum Gasteiger partial charge on any atom is 0.242 e. The first-order valence-electron chi connectivity index (χ1n) is 7.17. The number of carbonyl (C=O) groups is 1. The first kappa shape index (κ1) is 17.2. The van der Waals surface area contributed by atoms with Crippen molar-refractivity contribution in [3.63, 3.8) is 0 Å². The van der Waals surface area contributed by atoms with Gasteiger partial charge in [0.25, 0.3) is 0 Å². The predicted octanol–water partition coefficient (Wildman–Crippen LogP) is 2.79. The lowest BCUT2D eigenvalue weighted by Gasteiger charge is -2.35. The third-order valence-electron chi connectivity index (χ3n) is 4.13. The van der Waals surface area contributed by atoms with Gasteiger partial charge in [-0.05, 0) is 35.2 Å². The lowest BCUT2D eigenvalue weighted by Crippen LogP contribution is -2.57. The van der Waals surface area contributed by atoms with Crippen molar-refractivity contribution in [2.24, 2.45) is 5.73 Å². The molecule has 2 aromatic rings. The number of thiophene rings is 1. The Kier molecular flexibility index (Phi) is 5.45. The highest BCUT2D eigenvalue weighted by molar-refractivity contribution is 7.17. The molecule has 1 aromatic carbocycles. The van der Waals surface area contributed by atoms with Gasteiger partial charge in [-0.1, -0.05) is 18.2 Å². The van der Waals surface area contributed by atoms with Gasteiger partial charge in [-0.15, -0.1) is 23.7 Å². The highest BCUT2D eigenvalue weighted by Gasteiger charge is 2.37. The molecule has 1 aliphatic heterocycles. The van der Waals surface area contributed by atoms with Gasteiger partial charge in [0.2, 0.25) is 5.91 Å². The molecule has 120 valence electrons. The molecular weight excluding hydrogens is 320 g/mol. The molecule has 0 spiro atoms. The number of amides is 1. The second kappa shape index (κ2) is 6.96. The number of fused-ring (bicyclic) bond motifs is 1. The minimum atomic E-state index is -0.765. The zero-order chi connectivity index (χ0) is 14.9. The van der Waals surface area contributed by atoms with Gasteiger partial charge in [-0.3, -0.25) is 4.79 Å². The number of halogens is 1. The van der Waals surface area contributed by atoms with E-state index >= 15 is 0 Å². The molecule has 4 nitrogen and oxygen atoms in total. The molecular formula is C16H21ClN2O2S. The molecule has 0 atom stereocenters. The standard InChI is InChI=1S/C16H20N2O2S.ClH/c1-18(15(19)16(17)6-8-20-9-7-16)10-12-11-21-14-5-3-2-4-13(12)14;/h2-5,11H,6-10,17H2,1H3;1H.